The van der Waals surface area contributed by atoms with Crippen molar-refractivity contribution in [3.05, 3.63) is 59.7 Å². The van der Waals surface area contributed by atoms with E-state index in [4.69, 9.17) is 10.00 Å². The number of urea groups is 1. The number of anilines is 1. The summed E-state index contributed by atoms with van der Waals surface area (Å²) >= 11 is 0. The first-order valence-corrected chi connectivity index (χ1v) is 11.2. The van der Waals surface area contributed by atoms with E-state index in [0.717, 1.165) is 23.6 Å². The van der Waals surface area contributed by atoms with E-state index in [2.05, 4.69) is 16.3 Å². The van der Waals surface area contributed by atoms with Gasteiger partial charge in [0.05, 0.1) is 18.7 Å². The van der Waals surface area contributed by atoms with E-state index < -0.39 is 17.5 Å². The van der Waals surface area contributed by atoms with E-state index in [1.54, 1.807) is 55.3 Å². The van der Waals surface area contributed by atoms with Crippen LogP contribution in [0.4, 0.5) is 10.5 Å². The normalized spacial score (nSPS) is 20.6. The number of imide groups is 1. The molecule has 1 unspecified atom stereocenters. The fraction of sp³-hybridized carbons (Fsp3) is 0.360. The minimum atomic E-state index is -1.24. The molecule has 2 heterocycles. The summed E-state index contributed by atoms with van der Waals surface area (Å²) in [5.41, 5.74) is 0.979. The maximum Gasteiger partial charge on any atom is 0.325 e. The molecule has 0 aliphatic carbocycles. The average Bonchev–Trinajstić information content (AvgIpc) is 3.03. The van der Waals surface area contributed by atoms with Crippen LogP contribution in [-0.4, -0.2) is 67.5 Å². The van der Waals surface area contributed by atoms with Crippen LogP contribution >= 0.6 is 0 Å². The van der Waals surface area contributed by atoms with Crippen LogP contribution in [0.15, 0.2) is 48.5 Å². The first-order chi connectivity index (χ1) is 16.4. The minimum absolute atomic E-state index is 0.260. The Hall–Kier alpha value is -4.06. The predicted molar refractivity (Wildman–Crippen MR) is 125 cm³/mol. The molecular formula is C25H27N5O4. The number of hydrogen-bond acceptors (Lipinski definition) is 6. The zero-order valence-corrected chi connectivity index (χ0v) is 19.3. The zero-order valence-electron chi connectivity index (χ0n) is 19.3. The van der Waals surface area contributed by atoms with Gasteiger partial charge in [0.2, 0.25) is 5.91 Å². The summed E-state index contributed by atoms with van der Waals surface area (Å²) in [5.74, 6) is -0.0680. The van der Waals surface area contributed by atoms with Crippen LogP contribution in [0.2, 0.25) is 0 Å². The number of amides is 4. The summed E-state index contributed by atoms with van der Waals surface area (Å²) in [5, 5.41) is 11.7. The quantitative estimate of drug-likeness (QED) is 0.684. The highest BCUT2D eigenvalue weighted by molar-refractivity contribution is 6.09. The molecule has 0 spiro atoms. The first kappa shape index (κ1) is 23.1. The van der Waals surface area contributed by atoms with E-state index in [1.807, 2.05) is 12.1 Å². The zero-order chi connectivity index (χ0) is 24.3. The van der Waals surface area contributed by atoms with Crippen molar-refractivity contribution in [3.63, 3.8) is 0 Å². The van der Waals surface area contributed by atoms with Gasteiger partial charge in [-0.25, -0.2) is 4.79 Å². The van der Waals surface area contributed by atoms with E-state index >= 15 is 0 Å². The van der Waals surface area contributed by atoms with Crippen LogP contribution in [0.1, 0.15) is 24.5 Å². The number of carbonyl (C=O) groups excluding carboxylic acids is 3. The van der Waals surface area contributed by atoms with Crippen LogP contribution < -0.4 is 15.0 Å². The largest absolute Gasteiger partial charge is 0.497 e. The van der Waals surface area contributed by atoms with Gasteiger partial charge in [-0.05, 0) is 55.3 Å². The number of rotatable bonds is 5. The summed E-state index contributed by atoms with van der Waals surface area (Å²) < 4.78 is 5.16. The number of nitriles is 1. The van der Waals surface area contributed by atoms with E-state index in [9.17, 15) is 14.4 Å². The van der Waals surface area contributed by atoms with Gasteiger partial charge in [-0.1, -0.05) is 12.1 Å². The number of benzene rings is 2. The summed E-state index contributed by atoms with van der Waals surface area (Å²) in [4.78, 5) is 43.7. The number of hydrogen-bond donors (Lipinski definition) is 1. The molecule has 0 bridgehead atoms. The third kappa shape index (κ3) is 4.39. The van der Waals surface area contributed by atoms with Gasteiger partial charge >= 0.3 is 6.03 Å². The molecule has 2 saturated heterocycles. The number of nitrogens with one attached hydrogen (secondary N) is 1. The van der Waals surface area contributed by atoms with Crippen LogP contribution in [0.5, 0.6) is 5.75 Å². The van der Waals surface area contributed by atoms with Crippen LogP contribution in [0.25, 0.3) is 0 Å². The van der Waals surface area contributed by atoms with Gasteiger partial charge in [0.1, 0.15) is 17.8 Å². The van der Waals surface area contributed by atoms with E-state index in [1.165, 1.54) is 0 Å². The lowest BCUT2D eigenvalue weighted by Gasteiger charge is -2.25. The van der Waals surface area contributed by atoms with Crippen LogP contribution in [-0.2, 0) is 15.1 Å². The predicted octanol–water partition coefficient (Wildman–Crippen LogP) is 2.07. The Morgan fingerprint density at radius 1 is 1.06 bits per heavy atom. The molecular weight excluding hydrogens is 434 g/mol. The Labute approximate surface area is 198 Å². The highest BCUT2D eigenvalue weighted by atomic mass is 16.5. The molecule has 0 aromatic heterocycles. The van der Waals surface area contributed by atoms with Gasteiger partial charge in [0, 0.05) is 31.9 Å². The Kier molecular flexibility index (Phi) is 6.41. The highest BCUT2D eigenvalue weighted by Crippen LogP contribution is 2.30. The molecule has 4 amide bonds. The second kappa shape index (κ2) is 9.43. The van der Waals surface area contributed by atoms with Crippen molar-refractivity contribution in [2.24, 2.45) is 0 Å². The molecule has 176 valence electrons. The Morgan fingerprint density at radius 3 is 2.41 bits per heavy atom. The second-order valence-electron chi connectivity index (χ2n) is 8.56. The molecule has 1 N–H and O–H groups in total. The summed E-state index contributed by atoms with van der Waals surface area (Å²) in [6, 6.07) is 15.8. The molecule has 0 saturated carbocycles. The van der Waals surface area contributed by atoms with Crippen molar-refractivity contribution in [2.75, 3.05) is 44.7 Å². The molecule has 2 aromatic rings. The molecule has 2 aliphatic rings. The van der Waals surface area contributed by atoms with Crippen molar-refractivity contribution in [3.8, 4) is 11.8 Å². The molecule has 2 fully saturated rings. The number of methoxy groups -OCH3 is 1. The number of ether oxygens (including phenoxy) is 1. The molecule has 0 radical (unpaired) electrons. The van der Waals surface area contributed by atoms with E-state index in [-0.39, 0.29) is 12.5 Å². The second-order valence-corrected chi connectivity index (χ2v) is 8.56. The Balaban J connectivity index is 1.40. The number of carbonyl (C=O) groups is 3. The molecule has 2 aliphatic heterocycles. The summed E-state index contributed by atoms with van der Waals surface area (Å²) in [6.07, 6.45) is 0.759. The monoisotopic (exact) mass is 461 g/mol. The topological polar surface area (TPSA) is 106 Å². The fourth-order valence-electron chi connectivity index (χ4n) is 4.37. The third-order valence-electron chi connectivity index (χ3n) is 6.45. The fourth-order valence-corrected chi connectivity index (χ4v) is 4.37. The van der Waals surface area contributed by atoms with Crippen molar-refractivity contribution in [1.29, 1.82) is 5.26 Å². The lowest BCUT2D eigenvalue weighted by molar-refractivity contribution is -0.138. The Bertz CT molecular complexity index is 1130. The SMILES string of the molecule is COc1ccc(C2(C)NC(=O)N(CC(=O)N3CCCN(c4ccc(C#N)cc4)CC3)C2=O)cc1. The van der Waals surface area contributed by atoms with Gasteiger partial charge in [-0.2, -0.15) is 5.26 Å². The minimum Gasteiger partial charge on any atom is -0.497 e. The van der Waals surface area contributed by atoms with Gasteiger partial charge in [0.15, 0.2) is 0 Å². The Morgan fingerprint density at radius 2 is 1.76 bits per heavy atom. The molecule has 9 nitrogen and oxygen atoms in total. The maximum absolute atomic E-state index is 13.2. The van der Waals surface area contributed by atoms with Crippen molar-refractivity contribution < 1.29 is 19.1 Å². The van der Waals surface area contributed by atoms with Crippen LogP contribution in [0, 0.1) is 11.3 Å². The summed E-state index contributed by atoms with van der Waals surface area (Å²) in [6.45, 7) is 3.77. The lowest BCUT2D eigenvalue weighted by Crippen LogP contribution is -2.45. The molecule has 34 heavy (non-hydrogen) atoms. The van der Waals surface area contributed by atoms with Gasteiger partial charge in [-0.3, -0.25) is 14.5 Å². The number of nitrogens with zero attached hydrogens (tertiary/aromatic N) is 4. The van der Waals surface area contributed by atoms with Crippen LogP contribution in [0.3, 0.4) is 0 Å². The van der Waals surface area contributed by atoms with Gasteiger partial charge in [0.25, 0.3) is 5.91 Å². The molecule has 1 atom stereocenters. The maximum atomic E-state index is 13.2. The molecule has 4 rings (SSSR count). The molecule has 2 aromatic carbocycles. The standard InChI is InChI=1S/C25H27N5O4/c1-25(19-6-10-21(34-2)11-7-19)23(32)30(24(33)27-25)17-22(31)29-13-3-12-28(14-15-29)20-8-4-18(16-26)5-9-20/h4-11H,3,12-15,17H2,1-2H3,(H,27,33). The lowest BCUT2D eigenvalue weighted by atomic mass is 9.92. The smallest absolute Gasteiger partial charge is 0.325 e. The van der Waals surface area contributed by atoms with Gasteiger partial charge < -0.3 is 19.9 Å². The summed E-state index contributed by atoms with van der Waals surface area (Å²) in [7, 11) is 1.55. The molecule has 9 heteroatoms. The van der Waals surface area contributed by atoms with Gasteiger partial charge in [-0.15, -0.1) is 0 Å². The first-order valence-electron chi connectivity index (χ1n) is 11.2. The third-order valence-corrected chi connectivity index (χ3v) is 6.45. The van der Waals surface area contributed by atoms with Crippen molar-refractivity contribution in [1.82, 2.24) is 15.1 Å². The average molecular weight is 462 g/mol. The van der Waals surface area contributed by atoms with Crippen molar-refractivity contribution in [2.45, 2.75) is 18.9 Å². The highest BCUT2D eigenvalue weighted by Gasteiger charge is 2.49. The van der Waals surface area contributed by atoms with Crippen molar-refractivity contribution >= 4 is 23.5 Å². The van der Waals surface area contributed by atoms with E-state index in [0.29, 0.717) is 36.5 Å².